The van der Waals surface area contributed by atoms with Gasteiger partial charge in [0.25, 0.3) is 0 Å². The van der Waals surface area contributed by atoms with Crippen molar-refractivity contribution in [2.75, 3.05) is 39.3 Å². The summed E-state index contributed by atoms with van der Waals surface area (Å²) in [5, 5.41) is 0. The number of sulfonamides is 1. The van der Waals surface area contributed by atoms with Gasteiger partial charge in [-0.1, -0.05) is 0 Å². The molecule has 1 aliphatic rings. The Morgan fingerprint density at radius 2 is 1.81 bits per heavy atom. The van der Waals surface area contributed by atoms with Gasteiger partial charge in [0.2, 0.25) is 10.0 Å². The molecular weight excluding hydrogens is 357 g/mol. The Bertz CT molecular complexity index is 792. The van der Waals surface area contributed by atoms with Crippen LogP contribution in [0.1, 0.15) is 6.42 Å². The maximum Gasteiger partial charge on any atom is 0.244 e. The Labute approximate surface area is 153 Å². The van der Waals surface area contributed by atoms with Gasteiger partial charge >= 0.3 is 0 Å². The Hall–Kier alpha value is -2.03. The smallest absolute Gasteiger partial charge is 0.244 e. The van der Waals surface area contributed by atoms with Gasteiger partial charge in [0.15, 0.2) is 0 Å². The molecule has 0 bridgehead atoms. The molecule has 1 aromatic carbocycles. The maximum atomic E-state index is 12.8. The van der Waals surface area contributed by atoms with Crippen LogP contribution in [0.15, 0.2) is 53.7 Å². The minimum Gasteiger partial charge on any atom is -0.494 e. The maximum absolute atomic E-state index is 12.8. The molecule has 0 radical (unpaired) electrons. The molecule has 2 aromatic rings. The predicted molar refractivity (Wildman–Crippen MR) is 95.9 cm³/mol. The molecule has 6 nitrogen and oxygen atoms in total. The molecule has 0 aliphatic carbocycles. The van der Waals surface area contributed by atoms with E-state index in [1.165, 1.54) is 22.6 Å². The number of benzene rings is 1. The van der Waals surface area contributed by atoms with Crippen LogP contribution in [-0.2, 0) is 10.0 Å². The third-order valence-electron chi connectivity index (χ3n) is 4.30. The highest BCUT2D eigenvalue weighted by Crippen LogP contribution is 2.16. The van der Waals surface area contributed by atoms with E-state index in [9.17, 15) is 12.8 Å². The standard InChI is InChI=1S/C18H22FN3O3S/c19-16-4-6-17(7-5-16)25-14-2-9-21-10-12-22(13-11-21)26(23,24)18-3-1-8-20-15-18/h1,3-8,15H,2,9-14H2. The molecule has 0 unspecified atom stereocenters. The third-order valence-corrected chi connectivity index (χ3v) is 6.19. The van der Waals surface area contributed by atoms with E-state index < -0.39 is 10.0 Å². The summed E-state index contributed by atoms with van der Waals surface area (Å²) in [6.07, 6.45) is 3.77. The fourth-order valence-corrected chi connectivity index (χ4v) is 4.24. The summed E-state index contributed by atoms with van der Waals surface area (Å²) in [6, 6.07) is 9.16. The van der Waals surface area contributed by atoms with Gasteiger partial charge in [0.05, 0.1) is 6.61 Å². The molecule has 0 atom stereocenters. The highest BCUT2D eigenvalue weighted by molar-refractivity contribution is 7.89. The van der Waals surface area contributed by atoms with Gasteiger partial charge in [0.1, 0.15) is 16.5 Å². The first kappa shape index (κ1) is 18.8. The summed E-state index contributed by atoms with van der Waals surface area (Å²) in [5.74, 6) is 0.371. The Morgan fingerprint density at radius 1 is 1.08 bits per heavy atom. The van der Waals surface area contributed by atoms with Crippen LogP contribution in [-0.4, -0.2) is 61.9 Å². The molecule has 26 heavy (non-hydrogen) atoms. The summed E-state index contributed by atoms with van der Waals surface area (Å²) >= 11 is 0. The number of nitrogens with zero attached hydrogens (tertiary/aromatic N) is 3. The van der Waals surface area contributed by atoms with Crippen LogP contribution in [0.3, 0.4) is 0 Å². The lowest BCUT2D eigenvalue weighted by Crippen LogP contribution is -2.48. The van der Waals surface area contributed by atoms with Crippen LogP contribution in [0.25, 0.3) is 0 Å². The first-order chi connectivity index (χ1) is 12.6. The Balaban J connectivity index is 1.40. The van der Waals surface area contributed by atoms with E-state index in [-0.39, 0.29) is 10.7 Å². The van der Waals surface area contributed by atoms with Gasteiger partial charge < -0.3 is 9.64 Å². The average Bonchev–Trinajstić information content (AvgIpc) is 2.68. The van der Waals surface area contributed by atoms with Crippen molar-refractivity contribution in [2.45, 2.75) is 11.3 Å². The summed E-state index contributed by atoms with van der Waals surface area (Å²) in [5.41, 5.74) is 0. The van der Waals surface area contributed by atoms with E-state index in [0.717, 1.165) is 13.0 Å². The van der Waals surface area contributed by atoms with E-state index in [4.69, 9.17) is 4.74 Å². The summed E-state index contributed by atoms with van der Waals surface area (Å²) in [4.78, 5) is 6.35. The van der Waals surface area contributed by atoms with Crippen LogP contribution in [0.2, 0.25) is 0 Å². The van der Waals surface area contributed by atoms with Crippen molar-refractivity contribution in [3.63, 3.8) is 0 Å². The molecule has 8 heteroatoms. The number of pyridine rings is 1. The number of ether oxygens (including phenoxy) is 1. The van der Waals surface area contributed by atoms with Crippen molar-refractivity contribution < 1.29 is 17.5 Å². The molecule has 1 aromatic heterocycles. The van der Waals surface area contributed by atoms with Crippen LogP contribution in [0, 0.1) is 5.82 Å². The van der Waals surface area contributed by atoms with E-state index in [0.29, 0.717) is 38.5 Å². The summed E-state index contributed by atoms with van der Waals surface area (Å²) < 4.78 is 45.0. The molecular formula is C18H22FN3O3S. The predicted octanol–water partition coefficient (Wildman–Crippen LogP) is 2.00. The Kier molecular flexibility index (Phi) is 6.18. The SMILES string of the molecule is O=S(=O)(c1cccnc1)N1CCN(CCCOc2ccc(F)cc2)CC1. The highest BCUT2D eigenvalue weighted by Gasteiger charge is 2.28. The quantitative estimate of drug-likeness (QED) is 0.689. The first-order valence-corrected chi connectivity index (χ1v) is 10.0. The molecule has 0 spiro atoms. The van der Waals surface area contributed by atoms with E-state index >= 15 is 0 Å². The molecule has 1 fully saturated rings. The number of hydrogen-bond donors (Lipinski definition) is 0. The number of hydrogen-bond acceptors (Lipinski definition) is 5. The summed E-state index contributed by atoms with van der Waals surface area (Å²) in [7, 11) is -3.46. The second-order valence-corrected chi connectivity index (χ2v) is 8.03. The largest absolute Gasteiger partial charge is 0.494 e. The van der Waals surface area contributed by atoms with Gasteiger partial charge in [-0.15, -0.1) is 0 Å². The van der Waals surface area contributed by atoms with Gasteiger partial charge in [-0.25, -0.2) is 12.8 Å². The zero-order valence-corrected chi connectivity index (χ0v) is 15.2. The van der Waals surface area contributed by atoms with Gasteiger partial charge in [-0.05, 0) is 42.8 Å². The van der Waals surface area contributed by atoms with Gasteiger partial charge in [-0.3, -0.25) is 4.98 Å². The van der Waals surface area contributed by atoms with Crippen LogP contribution < -0.4 is 4.74 Å². The Morgan fingerprint density at radius 3 is 2.46 bits per heavy atom. The first-order valence-electron chi connectivity index (χ1n) is 8.56. The minimum atomic E-state index is -3.46. The van der Waals surface area contributed by atoms with Crippen molar-refractivity contribution in [3.8, 4) is 5.75 Å². The monoisotopic (exact) mass is 379 g/mol. The van der Waals surface area contributed by atoms with Crippen LogP contribution >= 0.6 is 0 Å². The molecule has 1 aliphatic heterocycles. The second-order valence-electron chi connectivity index (χ2n) is 6.09. The van der Waals surface area contributed by atoms with Crippen LogP contribution in [0.5, 0.6) is 5.75 Å². The van der Waals surface area contributed by atoms with Crippen molar-refractivity contribution in [1.29, 1.82) is 0 Å². The number of piperazine rings is 1. The molecule has 140 valence electrons. The zero-order valence-electron chi connectivity index (χ0n) is 14.4. The molecule has 0 saturated carbocycles. The topological polar surface area (TPSA) is 62.7 Å². The lowest BCUT2D eigenvalue weighted by molar-refractivity contribution is 0.174. The molecule has 3 rings (SSSR count). The second kappa shape index (κ2) is 8.57. The fourth-order valence-electron chi connectivity index (χ4n) is 2.85. The van der Waals surface area contributed by atoms with E-state index in [1.807, 2.05) is 0 Å². The molecule has 2 heterocycles. The zero-order chi connectivity index (χ0) is 18.4. The summed E-state index contributed by atoms with van der Waals surface area (Å²) in [6.45, 7) is 3.69. The fraction of sp³-hybridized carbons (Fsp3) is 0.389. The molecule has 0 N–H and O–H groups in total. The van der Waals surface area contributed by atoms with E-state index in [1.54, 1.807) is 30.5 Å². The number of halogens is 1. The van der Waals surface area contributed by atoms with Crippen molar-refractivity contribution in [3.05, 3.63) is 54.6 Å². The number of rotatable bonds is 7. The van der Waals surface area contributed by atoms with Gasteiger partial charge in [-0.2, -0.15) is 4.31 Å². The lowest BCUT2D eigenvalue weighted by atomic mass is 10.3. The number of aromatic nitrogens is 1. The average molecular weight is 379 g/mol. The minimum absolute atomic E-state index is 0.237. The van der Waals surface area contributed by atoms with Crippen molar-refractivity contribution in [2.24, 2.45) is 0 Å². The van der Waals surface area contributed by atoms with Crippen molar-refractivity contribution in [1.82, 2.24) is 14.2 Å². The van der Waals surface area contributed by atoms with E-state index in [2.05, 4.69) is 9.88 Å². The normalized spacial score (nSPS) is 16.5. The third kappa shape index (κ3) is 4.78. The van der Waals surface area contributed by atoms with Gasteiger partial charge in [0, 0.05) is 45.1 Å². The molecule has 1 saturated heterocycles. The lowest BCUT2D eigenvalue weighted by Gasteiger charge is -2.33. The highest BCUT2D eigenvalue weighted by atomic mass is 32.2. The molecule has 0 amide bonds. The van der Waals surface area contributed by atoms with Crippen molar-refractivity contribution >= 4 is 10.0 Å². The van der Waals surface area contributed by atoms with Crippen LogP contribution in [0.4, 0.5) is 4.39 Å².